The van der Waals surface area contributed by atoms with E-state index in [0.717, 1.165) is 18.4 Å². The number of imidazole rings is 1. The molecular formula is C21H26N5O5P. The van der Waals surface area contributed by atoms with Crippen LogP contribution in [0.15, 0.2) is 35.4 Å². The largest absolute Gasteiger partial charge is 0.370 e. The number of nitrogens with two attached hydrogens (primary N) is 1. The second-order valence-corrected chi connectivity index (χ2v) is 9.14. The number of nitrogens with zero attached hydrogens (tertiary/aromatic N) is 3. The van der Waals surface area contributed by atoms with Gasteiger partial charge in [-0.1, -0.05) is 29.8 Å². The summed E-state index contributed by atoms with van der Waals surface area (Å²) in [6.07, 6.45) is 3.64. The van der Waals surface area contributed by atoms with Crippen LogP contribution in [0.2, 0.25) is 0 Å². The molecule has 0 spiro atoms. The molecule has 1 aliphatic carbocycles. The fourth-order valence-corrected chi connectivity index (χ4v) is 4.10. The average Bonchev–Trinajstić information content (AvgIpc) is 3.55. The molecule has 3 aromatic rings. The number of Topliss-reactive ketones (excluding diaryl/α,β-unsaturated/α-hetero) is 1. The summed E-state index contributed by atoms with van der Waals surface area (Å²) >= 11 is 0. The van der Waals surface area contributed by atoms with Crippen LogP contribution in [0.25, 0.3) is 11.2 Å². The number of benzene rings is 1. The highest BCUT2D eigenvalue weighted by Crippen LogP contribution is 2.40. The molecule has 1 unspecified atom stereocenters. The first-order valence-corrected chi connectivity index (χ1v) is 11.8. The van der Waals surface area contributed by atoms with E-state index in [1.54, 1.807) is 4.57 Å². The van der Waals surface area contributed by atoms with Gasteiger partial charge in [0.05, 0.1) is 19.5 Å². The number of ketones is 1. The van der Waals surface area contributed by atoms with Gasteiger partial charge in [-0.15, -0.1) is 0 Å². The molecule has 2 aromatic heterocycles. The first-order chi connectivity index (χ1) is 15.5. The molecule has 1 fully saturated rings. The van der Waals surface area contributed by atoms with Crippen LogP contribution in [-0.2, 0) is 31.7 Å². The number of hydrogen-bond acceptors (Lipinski definition) is 8. The van der Waals surface area contributed by atoms with Crippen LogP contribution in [0.3, 0.4) is 0 Å². The lowest BCUT2D eigenvalue weighted by Gasteiger charge is -2.17. The molecule has 1 aliphatic rings. The second-order valence-electron chi connectivity index (χ2n) is 7.70. The van der Waals surface area contributed by atoms with Crippen molar-refractivity contribution < 1.29 is 18.6 Å². The maximum Gasteiger partial charge on any atom is 0.280 e. The number of carbonyl (C=O) groups excluding carboxylic acids is 1. The number of aryl methyl sites for hydroxylation is 1. The smallest absolute Gasteiger partial charge is 0.280 e. The van der Waals surface area contributed by atoms with Crippen LogP contribution in [0.4, 0.5) is 5.95 Å². The molecule has 3 N–H and O–H groups in total. The number of aromatic amines is 1. The summed E-state index contributed by atoms with van der Waals surface area (Å²) in [5, 5.41) is 0. The van der Waals surface area contributed by atoms with Crippen molar-refractivity contribution in [2.75, 3.05) is 25.3 Å². The number of nitrogens with one attached hydrogen (secondary N) is 1. The lowest BCUT2D eigenvalue weighted by Crippen LogP contribution is -2.13. The highest BCUT2D eigenvalue weighted by atomic mass is 31.2. The van der Waals surface area contributed by atoms with Gasteiger partial charge < -0.3 is 24.1 Å². The third-order valence-electron chi connectivity index (χ3n) is 5.05. The van der Waals surface area contributed by atoms with Gasteiger partial charge in [0.2, 0.25) is 5.95 Å². The Kier molecular flexibility index (Phi) is 7.26. The Morgan fingerprint density at radius 1 is 1.28 bits per heavy atom. The van der Waals surface area contributed by atoms with E-state index in [0.29, 0.717) is 25.4 Å². The van der Waals surface area contributed by atoms with Gasteiger partial charge in [0, 0.05) is 12.5 Å². The first-order valence-electron chi connectivity index (χ1n) is 10.4. The Morgan fingerprint density at radius 3 is 2.81 bits per heavy atom. The van der Waals surface area contributed by atoms with Gasteiger partial charge in [-0.05, 0) is 25.3 Å². The number of nitrogen functional groups attached to an aromatic ring is 1. The normalized spacial score (nSPS) is 14.7. The molecule has 4 rings (SSSR count). The van der Waals surface area contributed by atoms with Gasteiger partial charge in [-0.2, -0.15) is 4.98 Å². The summed E-state index contributed by atoms with van der Waals surface area (Å²) < 4.78 is 19.2. The van der Waals surface area contributed by atoms with Crippen LogP contribution >= 0.6 is 8.38 Å². The molecule has 11 heteroatoms. The Balaban J connectivity index is 1.30. The van der Waals surface area contributed by atoms with E-state index >= 15 is 0 Å². The predicted molar refractivity (Wildman–Crippen MR) is 120 cm³/mol. The van der Waals surface area contributed by atoms with Crippen molar-refractivity contribution in [3.05, 3.63) is 52.1 Å². The van der Waals surface area contributed by atoms with Gasteiger partial charge in [0.15, 0.2) is 25.3 Å². The summed E-state index contributed by atoms with van der Waals surface area (Å²) in [4.78, 5) is 34.5. The number of ether oxygens (including phenoxy) is 1. The molecular weight excluding hydrogens is 433 g/mol. The van der Waals surface area contributed by atoms with Crippen LogP contribution in [0, 0.1) is 12.8 Å². The molecule has 1 aromatic carbocycles. The van der Waals surface area contributed by atoms with E-state index in [1.807, 2.05) is 31.2 Å². The first kappa shape index (κ1) is 22.5. The van der Waals surface area contributed by atoms with E-state index in [1.165, 1.54) is 11.9 Å². The molecule has 2 heterocycles. The molecule has 0 radical (unpaired) electrons. The molecule has 1 saturated carbocycles. The van der Waals surface area contributed by atoms with Crippen LogP contribution < -0.4 is 11.3 Å². The van der Waals surface area contributed by atoms with Gasteiger partial charge in [-0.25, -0.2) is 4.98 Å². The highest BCUT2D eigenvalue weighted by molar-refractivity contribution is 7.47. The van der Waals surface area contributed by atoms with Crippen LogP contribution in [0.5, 0.6) is 0 Å². The van der Waals surface area contributed by atoms with Gasteiger partial charge in [0.1, 0.15) is 13.0 Å². The average molecular weight is 459 g/mol. The summed E-state index contributed by atoms with van der Waals surface area (Å²) in [6.45, 7) is 3.21. The summed E-state index contributed by atoms with van der Waals surface area (Å²) in [5.74, 6) is 0.296. The third-order valence-corrected chi connectivity index (χ3v) is 6.27. The number of hydrogen-bond donors (Lipinski definition) is 2. The standard InChI is InChI=1S/C21H26N5O5P/c1-14-2-4-15(5-3-14)10-30-32(31-11-17(27)16-6-7-16)13-29-9-8-26-12-23-18-19(26)24-21(22)25-20(18)28/h2-5,12,16H,6-11,13H2,1H3,(H3,22,24,25,28). The molecule has 170 valence electrons. The Morgan fingerprint density at radius 2 is 2.06 bits per heavy atom. The fourth-order valence-electron chi connectivity index (χ4n) is 3.04. The summed E-state index contributed by atoms with van der Waals surface area (Å²) in [6, 6.07) is 8.06. The molecule has 0 amide bonds. The molecule has 32 heavy (non-hydrogen) atoms. The van der Waals surface area contributed by atoms with E-state index in [2.05, 4.69) is 15.0 Å². The second kappa shape index (κ2) is 10.3. The van der Waals surface area contributed by atoms with E-state index < -0.39 is 8.38 Å². The minimum absolute atomic E-state index is 0.0342. The number of fused-ring (bicyclic) bond motifs is 1. The van der Waals surface area contributed by atoms with Crippen molar-refractivity contribution in [1.29, 1.82) is 0 Å². The topological polar surface area (TPSA) is 134 Å². The van der Waals surface area contributed by atoms with E-state index in [4.69, 9.17) is 19.5 Å². The van der Waals surface area contributed by atoms with Gasteiger partial charge >= 0.3 is 0 Å². The summed E-state index contributed by atoms with van der Waals surface area (Å²) in [5.41, 5.74) is 8.07. The molecule has 1 atom stereocenters. The van der Waals surface area contributed by atoms with Crippen molar-refractivity contribution in [2.24, 2.45) is 5.92 Å². The maximum atomic E-state index is 12.0. The van der Waals surface area contributed by atoms with Crippen molar-refractivity contribution in [3.63, 3.8) is 0 Å². The summed E-state index contributed by atoms with van der Waals surface area (Å²) in [7, 11) is -1.39. The van der Waals surface area contributed by atoms with Crippen molar-refractivity contribution in [1.82, 2.24) is 19.5 Å². The molecule has 0 aliphatic heterocycles. The van der Waals surface area contributed by atoms with Gasteiger partial charge in [-0.3, -0.25) is 14.6 Å². The van der Waals surface area contributed by atoms with Crippen LogP contribution in [0.1, 0.15) is 24.0 Å². The number of rotatable bonds is 12. The Labute approximate surface area is 186 Å². The minimum Gasteiger partial charge on any atom is -0.370 e. The lowest BCUT2D eigenvalue weighted by atomic mass is 10.2. The molecule has 0 saturated heterocycles. The fraction of sp³-hybridized carbons (Fsp3) is 0.429. The maximum absolute atomic E-state index is 12.0. The quantitative estimate of drug-likeness (QED) is 0.312. The third kappa shape index (κ3) is 5.98. The van der Waals surface area contributed by atoms with E-state index in [-0.39, 0.29) is 41.7 Å². The number of anilines is 1. The zero-order valence-electron chi connectivity index (χ0n) is 17.8. The molecule has 0 bridgehead atoms. The number of aromatic nitrogens is 4. The zero-order valence-corrected chi connectivity index (χ0v) is 18.7. The van der Waals surface area contributed by atoms with Crippen molar-refractivity contribution in [2.45, 2.75) is 32.9 Å². The minimum atomic E-state index is -1.39. The zero-order chi connectivity index (χ0) is 22.5. The monoisotopic (exact) mass is 459 g/mol. The van der Waals surface area contributed by atoms with Gasteiger partial charge in [0.25, 0.3) is 5.56 Å². The number of carbonyl (C=O) groups is 1. The van der Waals surface area contributed by atoms with E-state index in [9.17, 15) is 9.59 Å². The Bertz CT molecular complexity index is 1130. The SMILES string of the molecule is Cc1ccc(COP(COCCn2cnc3c(=O)[nH]c(N)nc32)OCC(=O)C2CC2)cc1. The van der Waals surface area contributed by atoms with Crippen molar-refractivity contribution in [3.8, 4) is 0 Å². The van der Waals surface area contributed by atoms with Crippen molar-refractivity contribution >= 4 is 31.3 Å². The molecule has 10 nitrogen and oxygen atoms in total. The van der Waals surface area contributed by atoms with Crippen LogP contribution in [-0.4, -0.2) is 44.9 Å². The lowest BCUT2D eigenvalue weighted by molar-refractivity contribution is -0.122. The number of H-pyrrole nitrogens is 1. The Hall–Kier alpha value is -2.65. The predicted octanol–water partition coefficient (Wildman–Crippen LogP) is 2.51. The highest BCUT2D eigenvalue weighted by Gasteiger charge is 2.30.